The number of aromatic amines is 1. The van der Waals surface area contributed by atoms with Gasteiger partial charge in [0.25, 0.3) is 5.91 Å². The van der Waals surface area contributed by atoms with E-state index in [1.54, 1.807) is 17.3 Å². The van der Waals surface area contributed by atoms with Crippen molar-refractivity contribution in [1.82, 2.24) is 25.1 Å². The van der Waals surface area contributed by atoms with E-state index in [9.17, 15) is 4.79 Å². The third-order valence-corrected chi connectivity index (χ3v) is 4.04. The third kappa shape index (κ3) is 2.66. The van der Waals surface area contributed by atoms with E-state index in [0.29, 0.717) is 24.0 Å². The zero-order valence-corrected chi connectivity index (χ0v) is 13.1. The van der Waals surface area contributed by atoms with E-state index in [4.69, 9.17) is 0 Å². The van der Waals surface area contributed by atoms with E-state index >= 15 is 0 Å². The zero-order valence-electron chi connectivity index (χ0n) is 13.1. The zero-order chi connectivity index (χ0) is 15.7. The van der Waals surface area contributed by atoms with Crippen LogP contribution >= 0.6 is 0 Å². The molecule has 1 aliphatic heterocycles. The summed E-state index contributed by atoms with van der Waals surface area (Å²) in [5.74, 6) is 0.919. The van der Waals surface area contributed by atoms with Crippen LogP contribution in [0.2, 0.25) is 0 Å². The Labute approximate surface area is 129 Å². The third-order valence-electron chi connectivity index (χ3n) is 4.04. The Hall–Kier alpha value is -2.44. The second kappa shape index (κ2) is 5.75. The minimum Gasteiger partial charge on any atom is -0.347 e. The van der Waals surface area contributed by atoms with Gasteiger partial charge in [0.1, 0.15) is 0 Å². The average molecular weight is 300 g/mol. The number of aromatic nitrogens is 4. The van der Waals surface area contributed by atoms with Crippen LogP contribution in [0, 0.1) is 6.92 Å². The van der Waals surface area contributed by atoms with Crippen molar-refractivity contribution in [3.8, 4) is 0 Å². The second-order valence-electron chi connectivity index (χ2n) is 5.87. The lowest BCUT2D eigenvalue weighted by molar-refractivity contribution is 0.0790. The number of nitrogens with one attached hydrogen (secondary N) is 1. The molecule has 116 valence electrons. The Morgan fingerprint density at radius 2 is 2.05 bits per heavy atom. The maximum atomic E-state index is 12.5. The normalized spacial score (nSPS) is 17.8. The maximum Gasteiger partial charge on any atom is 0.257 e. The van der Waals surface area contributed by atoms with Crippen LogP contribution in [-0.2, 0) is 0 Å². The van der Waals surface area contributed by atoms with Gasteiger partial charge in [-0.25, -0.2) is 9.97 Å². The van der Waals surface area contributed by atoms with Crippen molar-refractivity contribution < 1.29 is 4.79 Å². The number of aryl methyl sites for hydroxylation is 1. The molecule has 1 atom stereocenters. The molecule has 2 aromatic heterocycles. The lowest BCUT2D eigenvalue weighted by atomic mass is 10.0. The summed E-state index contributed by atoms with van der Waals surface area (Å²) in [4.78, 5) is 24.6. The van der Waals surface area contributed by atoms with Gasteiger partial charge >= 0.3 is 0 Å². The van der Waals surface area contributed by atoms with Crippen molar-refractivity contribution in [2.24, 2.45) is 0 Å². The van der Waals surface area contributed by atoms with E-state index < -0.39 is 0 Å². The molecule has 0 spiro atoms. The van der Waals surface area contributed by atoms with Crippen LogP contribution in [0.5, 0.6) is 0 Å². The molecule has 2 aromatic rings. The van der Waals surface area contributed by atoms with Crippen LogP contribution in [0.25, 0.3) is 0 Å². The predicted molar refractivity (Wildman–Crippen MR) is 82.9 cm³/mol. The van der Waals surface area contributed by atoms with Gasteiger partial charge in [0.15, 0.2) is 0 Å². The van der Waals surface area contributed by atoms with Gasteiger partial charge in [0, 0.05) is 51.2 Å². The van der Waals surface area contributed by atoms with E-state index in [1.165, 1.54) is 0 Å². The van der Waals surface area contributed by atoms with Crippen LogP contribution in [0.4, 0.5) is 5.95 Å². The lowest BCUT2D eigenvalue weighted by Gasteiger charge is -2.17. The summed E-state index contributed by atoms with van der Waals surface area (Å²) in [5, 5.41) is 7.12. The van der Waals surface area contributed by atoms with E-state index in [1.807, 2.05) is 32.1 Å². The minimum absolute atomic E-state index is 0.00928. The fourth-order valence-corrected chi connectivity index (χ4v) is 2.80. The molecular formula is C15H20N6O. The predicted octanol–water partition coefficient (Wildman–Crippen LogP) is 1.20. The highest BCUT2D eigenvalue weighted by Gasteiger charge is 2.29. The summed E-state index contributed by atoms with van der Waals surface area (Å²) in [7, 11) is 3.74. The van der Waals surface area contributed by atoms with Gasteiger partial charge in [0.2, 0.25) is 5.95 Å². The molecule has 3 rings (SSSR count). The molecule has 0 aromatic carbocycles. The smallest absolute Gasteiger partial charge is 0.257 e. The standard InChI is InChI=1S/C15H20N6O/c1-10-6-18-19-13(10)11-4-5-21(9-11)14(22)12-7-16-15(17-8-12)20(2)3/h6-8,11H,4-5,9H2,1-3H3,(H,18,19)/t11-/m0/s1. The van der Waals surface area contributed by atoms with Crippen molar-refractivity contribution in [3.05, 3.63) is 35.4 Å². The first-order valence-electron chi connectivity index (χ1n) is 7.34. The number of hydrogen-bond acceptors (Lipinski definition) is 5. The molecule has 22 heavy (non-hydrogen) atoms. The Balaban J connectivity index is 1.70. The van der Waals surface area contributed by atoms with Crippen molar-refractivity contribution in [1.29, 1.82) is 0 Å². The molecule has 1 aliphatic rings. The molecule has 0 saturated carbocycles. The minimum atomic E-state index is -0.00928. The quantitative estimate of drug-likeness (QED) is 0.921. The number of carbonyl (C=O) groups excluding carboxylic acids is 1. The number of likely N-dealkylation sites (tertiary alicyclic amines) is 1. The van der Waals surface area contributed by atoms with Crippen LogP contribution in [0.1, 0.15) is 34.0 Å². The fraction of sp³-hybridized carbons (Fsp3) is 0.467. The van der Waals surface area contributed by atoms with Gasteiger partial charge in [-0.2, -0.15) is 5.10 Å². The summed E-state index contributed by atoms with van der Waals surface area (Å²) in [6.07, 6.45) is 5.97. The monoisotopic (exact) mass is 300 g/mol. The molecule has 7 nitrogen and oxygen atoms in total. The number of H-pyrrole nitrogens is 1. The van der Waals surface area contributed by atoms with E-state index in [2.05, 4.69) is 20.2 Å². The van der Waals surface area contributed by atoms with Crippen molar-refractivity contribution >= 4 is 11.9 Å². The largest absolute Gasteiger partial charge is 0.347 e. The molecule has 1 saturated heterocycles. The average Bonchev–Trinajstić information content (AvgIpc) is 3.15. The summed E-state index contributed by atoms with van der Waals surface area (Å²) in [6, 6.07) is 0. The van der Waals surface area contributed by atoms with Gasteiger partial charge in [-0.1, -0.05) is 0 Å². The van der Waals surface area contributed by atoms with Crippen LogP contribution in [-0.4, -0.2) is 58.2 Å². The first-order chi connectivity index (χ1) is 10.6. The van der Waals surface area contributed by atoms with Gasteiger partial charge in [-0.3, -0.25) is 9.89 Å². The molecule has 7 heteroatoms. The van der Waals surface area contributed by atoms with Crippen molar-refractivity contribution in [2.45, 2.75) is 19.3 Å². The Morgan fingerprint density at radius 3 is 2.64 bits per heavy atom. The fourth-order valence-electron chi connectivity index (χ4n) is 2.80. The molecular weight excluding hydrogens is 280 g/mol. The summed E-state index contributed by atoms with van der Waals surface area (Å²) in [6.45, 7) is 3.49. The highest BCUT2D eigenvalue weighted by molar-refractivity contribution is 5.94. The van der Waals surface area contributed by atoms with Crippen molar-refractivity contribution in [2.75, 3.05) is 32.1 Å². The number of carbonyl (C=O) groups is 1. The lowest BCUT2D eigenvalue weighted by Crippen LogP contribution is -2.29. The molecule has 0 bridgehead atoms. The highest BCUT2D eigenvalue weighted by atomic mass is 16.2. The van der Waals surface area contributed by atoms with Gasteiger partial charge in [0.05, 0.1) is 11.8 Å². The Kier molecular flexibility index (Phi) is 3.79. The molecule has 0 unspecified atom stereocenters. The van der Waals surface area contributed by atoms with Gasteiger partial charge in [-0.05, 0) is 18.9 Å². The summed E-state index contributed by atoms with van der Waals surface area (Å²) in [5.41, 5.74) is 2.82. The van der Waals surface area contributed by atoms with Gasteiger partial charge < -0.3 is 9.80 Å². The van der Waals surface area contributed by atoms with E-state index in [0.717, 1.165) is 24.2 Å². The van der Waals surface area contributed by atoms with Crippen molar-refractivity contribution in [3.63, 3.8) is 0 Å². The van der Waals surface area contributed by atoms with Crippen LogP contribution in [0.15, 0.2) is 18.6 Å². The van der Waals surface area contributed by atoms with E-state index in [-0.39, 0.29) is 5.91 Å². The Bertz CT molecular complexity index is 663. The molecule has 3 heterocycles. The second-order valence-corrected chi connectivity index (χ2v) is 5.87. The first-order valence-corrected chi connectivity index (χ1v) is 7.34. The Morgan fingerprint density at radius 1 is 1.32 bits per heavy atom. The molecule has 1 fully saturated rings. The number of anilines is 1. The molecule has 1 N–H and O–H groups in total. The topological polar surface area (TPSA) is 78.0 Å². The van der Waals surface area contributed by atoms with Crippen LogP contribution in [0.3, 0.4) is 0 Å². The highest BCUT2D eigenvalue weighted by Crippen LogP contribution is 2.28. The number of amides is 1. The number of rotatable bonds is 3. The molecule has 0 aliphatic carbocycles. The molecule has 1 amide bonds. The number of hydrogen-bond donors (Lipinski definition) is 1. The SMILES string of the molecule is Cc1cn[nH]c1[C@H]1CCN(C(=O)c2cnc(N(C)C)nc2)C1. The van der Waals surface area contributed by atoms with Crippen LogP contribution < -0.4 is 4.90 Å². The summed E-state index contributed by atoms with van der Waals surface area (Å²) < 4.78 is 0. The molecule has 0 radical (unpaired) electrons. The first kappa shape index (κ1) is 14.5. The van der Waals surface area contributed by atoms with Gasteiger partial charge in [-0.15, -0.1) is 0 Å². The maximum absolute atomic E-state index is 12.5. The number of nitrogens with zero attached hydrogens (tertiary/aromatic N) is 5. The summed E-state index contributed by atoms with van der Waals surface area (Å²) >= 11 is 0.